The van der Waals surface area contributed by atoms with E-state index < -0.39 is 5.60 Å². The molecule has 0 saturated carbocycles. The van der Waals surface area contributed by atoms with Crippen LogP contribution in [0.25, 0.3) is 0 Å². The predicted octanol–water partition coefficient (Wildman–Crippen LogP) is 2.22. The normalized spacial score (nSPS) is 19.2. The molecule has 21 heavy (non-hydrogen) atoms. The maximum absolute atomic E-state index is 11.7. The fourth-order valence-corrected chi connectivity index (χ4v) is 2.44. The van der Waals surface area contributed by atoms with E-state index in [1.54, 1.807) is 18.6 Å². The number of nitrogens with one attached hydrogen (secondary N) is 1. The highest BCUT2D eigenvalue weighted by molar-refractivity contribution is 5.67. The lowest BCUT2D eigenvalue weighted by atomic mass is 9.98. The summed E-state index contributed by atoms with van der Waals surface area (Å²) in [6.07, 6.45) is 7.01. The van der Waals surface area contributed by atoms with Crippen LogP contribution in [-0.2, 0) is 4.74 Å². The largest absolute Gasteiger partial charge is 0.444 e. The summed E-state index contributed by atoms with van der Waals surface area (Å²) in [5.41, 5.74) is -0.456. The molecule has 0 radical (unpaired) electrons. The zero-order chi connectivity index (χ0) is 15.3. The van der Waals surface area contributed by atoms with Gasteiger partial charge in [-0.15, -0.1) is 0 Å². The average Bonchev–Trinajstić information content (AvgIpc) is 2.45. The van der Waals surface area contributed by atoms with Crippen molar-refractivity contribution in [3.8, 4) is 0 Å². The molecular formula is C15H24N4O2. The molecule has 116 valence electrons. The fraction of sp³-hybridized carbons (Fsp3) is 0.667. The van der Waals surface area contributed by atoms with E-state index in [4.69, 9.17) is 4.74 Å². The van der Waals surface area contributed by atoms with Crippen molar-refractivity contribution in [2.75, 3.05) is 24.5 Å². The molecule has 1 fully saturated rings. The van der Waals surface area contributed by atoms with E-state index in [0.717, 1.165) is 31.7 Å². The van der Waals surface area contributed by atoms with Gasteiger partial charge >= 0.3 is 6.09 Å². The topological polar surface area (TPSA) is 67.3 Å². The second-order valence-electron chi connectivity index (χ2n) is 6.40. The molecule has 6 heteroatoms. The van der Waals surface area contributed by atoms with Gasteiger partial charge in [-0.2, -0.15) is 0 Å². The Morgan fingerprint density at radius 1 is 1.48 bits per heavy atom. The first-order valence-electron chi connectivity index (χ1n) is 7.42. The van der Waals surface area contributed by atoms with Gasteiger partial charge in [-0.25, -0.2) is 9.78 Å². The highest BCUT2D eigenvalue weighted by Crippen LogP contribution is 2.20. The van der Waals surface area contributed by atoms with Crippen LogP contribution in [0.3, 0.4) is 0 Å². The van der Waals surface area contributed by atoms with E-state index >= 15 is 0 Å². The molecule has 1 amide bonds. The predicted molar refractivity (Wildman–Crippen MR) is 81.2 cm³/mol. The summed E-state index contributed by atoms with van der Waals surface area (Å²) in [5, 5.41) is 2.86. The molecule has 0 spiro atoms. The number of hydrogen-bond donors (Lipinski definition) is 1. The summed E-state index contributed by atoms with van der Waals surface area (Å²) in [7, 11) is 0. The van der Waals surface area contributed by atoms with Crippen molar-refractivity contribution in [1.29, 1.82) is 0 Å². The van der Waals surface area contributed by atoms with Crippen LogP contribution in [0, 0.1) is 5.92 Å². The molecule has 1 N–H and O–H groups in total. The summed E-state index contributed by atoms with van der Waals surface area (Å²) >= 11 is 0. The Bertz CT molecular complexity index is 458. The Morgan fingerprint density at radius 2 is 2.29 bits per heavy atom. The van der Waals surface area contributed by atoms with E-state index in [-0.39, 0.29) is 6.09 Å². The van der Waals surface area contributed by atoms with Crippen LogP contribution in [0.15, 0.2) is 18.6 Å². The van der Waals surface area contributed by atoms with Gasteiger partial charge in [-0.05, 0) is 39.5 Å². The number of hydrogen-bond acceptors (Lipinski definition) is 5. The van der Waals surface area contributed by atoms with Gasteiger partial charge in [0.15, 0.2) is 0 Å². The third kappa shape index (κ3) is 5.21. The van der Waals surface area contributed by atoms with Crippen LogP contribution in [0.1, 0.15) is 33.6 Å². The van der Waals surface area contributed by atoms with E-state index in [2.05, 4.69) is 20.2 Å². The number of alkyl carbamates (subject to hydrolysis) is 1. The molecule has 1 unspecified atom stereocenters. The minimum absolute atomic E-state index is 0.348. The zero-order valence-corrected chi connectivity index (χ0v) is 13.0. The molecule has 1 aromatic rings. The number of aromatic nitrogens is 2. The molecular weight excluding hydrogens is 268 g/mol. The number of nitrogens with zero attached hydrogens (tertiary/aromatic N) is 3. The number of carbonyl (C=O) groups is 1. The SMILES string of the molecule is CC(C)(C)OC(=O)NCC1CCCN(c2cnccn2)C1. The molecule has 0 aromatic carbocycles. The molecule has 6 nitrogen and oxygen atoms in total. The van der Waals surface area contributed by atoms with Crippen molar-refractivity contribution in [2.24, 2.45) is 5.92 Å². The molecule has 1 aliphatic heterocycles. The minimum atomic E-state index is -0.456. The first-order chi connectivity index (χ1) is 9.94. The van der Waals surface area contributed by atoms with Crippen LogP contribution >= 0.6 is 0 Å². The molecule has 1 aliphatic rings. The van der Waals surface area contributed by atoms with Crippen LogP contribution in [0.2, 0.25) is 0 Å². The van der Waals surface area contributed by atoms with E-state index in [1.165, 1.54) is 0 Å². The number of ether oxygens (including phenoxy) is 1. The Balaban J connectivity index is 1.81. The average molecular weight is 292 g/mol. The maximum Gasteiger partial charge on any atom is 0.407 e. The van der Waals surface area contributed by atoms with Gasteiger partial charge in [-0.3, -0.25) is 4.98 Å². The molecule has 1 saturated heterocycles. The van der Waals surface area contributed by atoms with Crippen LogP contribution in [0.4, 0.5) is 10.6 Å². The lowest BCUT2D eigenvalue weighted by molar-refractivity contribution is 0.0517. The smallest absolute Gasteiger partial charge is 0.407 e. The van der Waals surface area contributed by atoms with Gasteiger partial charge in [0.05, 0.1) is 6.20 Å². The lowest BCUT2D eigenvalue weighted by Gasteiger charge is -2.33. The van der Waals surface area contributed by atoms with Crippen molar-refractivity contribution in [1.82, 2.24) is 15.3 Å². The van der Waals surface area contributed by atoms with Crippen LogP contribution < -0.4 is 10.2 Å². The van der Waals surface area contributed by atoms with Crippen molar-refractivity contribution >= 4 is 11.9 Å². The number of anilines is 1. The quantitative estimate of drug-likeness (QED) is 0.925. The highest BCUT2D eigenvalue weighted by Gasteiger charge is 2.22. The third-order valence-electron chi connectivity index (χ3n) is 3.33. The van der Waals surface area contributed by atoms with Crippen molar-refractivity contribution in [3.63, 3.8) is 0 Å². The van der Waals surface area contributed by atoms with E-state index in [0.29, 0.717) is 12.5 Å². The second-order valence-corrected chi connectivity index (χ2v) is 6.40. The van der Waals surface area contributed by atoms with Crippen molar-refractivity contribution in [2.45, 2.75) is 39.2 Å². The molecule has 1 aromatic heterocycles. The number of amides is 1. The number of carbonyl (C=O) groups excluding carboxylic acids is 1. The Kier molecular flexibility index (Phi) is 4.98. The van der Waals surface area contributed by atoms with Crippen molar-refractivity contribution in [3.05, 3.63) is 18.6 Å². The van der Waals surface area contributed by atoms with Gasteiger partial charge in [0.1, 0.15) is 11.4 Å². The van der Waals surface area contributed by atoms with Gasteiger partial charge in [0.2, 0.25) is 0 Å². The van der Waals surface area contributed by atoms with Crippen molar-refractivity contribution < 1.29 is 9.53 Å². The summed E-state index contributed by atoms with van der Waals surface area (Å²) in [4.78, 5) is 22.3. The first-order valence-corrected chi connectivity index (χ1v) is 7.42. The summed E-state index contributed by atoms with van der Waals surface area (Å²) in [6, 6.07) is 0. The minimum Gasteiger partial charge on any atom is -0.444 e. The van der Waals surface area contributed by atoms with Gasteiger partial charge in [0, 0.05) is 32.0 Å². The number of rotatable bonds is 3. The van der Waals surface area contributed by atoms with Gasteiger partial charge in [0.25, 0.3) is 0 Å². The standard InChI is InChI=1S/C15H24N4O2/c1-15(2,3)21-14(20)18-9-12-5-4-8-19(11-12)13-10-16-6-7-17-13/h6-7,10,12H,4-5,8-9,11H2,1-3H3,(H,18,20). The Hall–Kier alpha value is -1.85. The summed E-state index contributed by atoms with van der Waals surface area (Å²) in [6.45, 7) is 8.09. The van der Waals surface area contributed by atoms with Crippen LogP contribution in [-0.4, -0.2) is 41.3 Å². The third-order valence-corrected chi connectivity index (χ3v) is 3.33. The Labute approximate surface area is 125 Å². The molecule has 2 heterocycles. The first kappa shape index (κ1) is 15.5. The Morgan fingerprint density at radius 3 is 2.95 bits per heavy atom. The second kappa shape index (κ2) is 6.74. The zero-order valence-electron chi connectivity index (χ0n) is 13.0. The molecule has 0 bridgehead atoms. The maximum atomic E-state index is 11.7. The van der Waals surface area contributed by atoms with Crippen LogP contribution in [0.5, 0.6) is 0 Å². The van der Waals surface area contributed by atoms with E-state index in [1.807, 2.05) is 20.8 Å². The van der Waals surface area contributed by atoms with E-state index in [9.17, 15) is 4.79 Å². The molecule has 1 atom stereocenters. The molecule has 0 aliphatic carbocycles. The lowest BCUT2D eigenvalue weighted by Crippen LogP contribution is -2.42. The monoisotopic (exact) mass is 292 g/mol. The van der Waals surface area contributed by atoms with Gasteiger partial charge < -0.3 is 15.0 Å². The fourth-order valence-electron chi connectivity index (χ4n) is 2.44. The number of piperidine rings is 1. The highest BCUT2D eigenvalue weighted by atomic mass is 16.6. The van der Waals surface area contributed by atoms with Gasteiger partial charge in [-0.1, -0.05) is 0 Å². The summed E-state index contributed by atoms with van der Waals surface area (Å²) in [5.74, 6) is 1.31. The molecule has 2 rings (SSSR count). The summed E-state index contributed by atoms with van der Waals surface area (Å²) < 4.78 is 5.25.